The number of hydrogen-bond donors (Lipinski definition) is 2. The molecule has 0 amide bonds. The van der Waals surface area contributed by atoms with Crippen molar-refractivity contribution in [2.24, 2.45) is 5.73 Å². The second-order valence-corrected chi connectivity index (χ2v) is 8.98. The lowest BCUT2D eigenvalue weighted by atomic mass is 10.0. The molecule has 0 spiro atoms. The van der Waals surface area contributed by atoms with Crippen molar-refractivity contribution >= 4 is 61.2 Å². The van der Waals surface area contributed by atoms with Gasteiger partial charge in [-0.05, 0) is 30.2 Å². The van der Waals surface area contributed by atoms with Crippen LogP contribution in [-0.4, -0.2) is 21.0 Å². The van der Waals surface area contributed by atoms with E-state index in [1.165, 1.54) is 11.3 Å². The van der Waals surface area contributed by atoms with Crippen molar-refractivity contribution in [1.82, 2.24) is 15.0 Å². The Morgan fingerprint density at radius 3 is 2.67 bits per heavy atom. The number of aromatic nitrogens is 3. The summed E-state index contributed by atoms with van der Waals surface area (Å²) in [5.74, 6) is 0. The van der Waals surface area contributed by atoms with E-state index in [-0.39, 0.29) is 6.04 Å². The first-order chi connectivity index (χ1) is 13.0. The molecule has 0 bridgehead atoms. The van der Waals surface area contributed by atoms with Crippen molar-refractivity contribution in [3.05, 3.63) is 58.0 Å². The second-order valence-electron chi connectivity index (χ2n) is 6.11. The highest BCUT2D eigenvalue weighted by Crippen LogP contribution is 2.37. The van der Waals surface area contributed by atoms with Crippen LogP contribution < -0.4 is 11.5 Å². The third-order valence-corrected chi connectivity index (χ3v) is 6.86. The largest absolute Gasteiger partial charge is 0.375 e. The van der Waals surface area contributed by atoms with Crippen molar-refractivity contribution in [3.63, 3.8) is 0 Å². The number of nitrogens with two attached hydrogens (primary N) is 2. The molecule has 0 unspecified atom stereocenters. The van der Waals surface area contributed by atoms with Crippen LogP contribution in [0.15, 0.2) is 36.7 Å². The summed E-state index contributed by atoms with van der Waals surface area (Å²) in [5.41, 5.74) is 15.2. The molecule has 4 rings (SSSR count). The van der Waals surface area contributed by atoms with E-state index in [9.17, 15) is 0 Å². The summed E-state index contributed by atoms with van der Waals surface area (Å²) in [4.78, 5) is 14.3. The van der Waals surface area contributed by atoms with Gasteiger partial charge in [0.25, 0.3) is 0 Å². The predicted octanol–water partition coefficient (Wildman–Crippen LogP) is 4.82. The van der Waals surface area contributed by atoms with Gasteiger partial charge in [-0.3, -0.25) is 4.98 Å². The van der Waals surface area contributed by atoms with E-state index in [2.05, 4.69) is 15.0 Å². The van der Waals surface area contributed by atoms with Gasteiger partial charge in [0.05, 0.1) is 30.8 Å². The van der Waals surface area contributed by atoms with Gasteiger partial charge < -0.3 is 11.5 Å². The molecule has 0 aliphatic carbocycles. The minimum Gasteiger partial charge on any atom is -0.375 e. The lowest BCUT2D eigenvalue weighted by molar-refractivity contribution is 0.657. The second kappa shape index (κ2) is 7.69. The maximum atomic E-state index is 6.38. The maximum absolute atomic E-state index is 6.38. The van der Waals surface area contributed by atoms with Crippen LogP contribution in [0.4, 0.5) is 5.13 Å². The van der Waals surface area contributed by atoms with Crippen LogP contribution in [0.3, 0.4) is 0 Å². The minimum atomic E-state index is -0.126. The molecule has 5 nitrogen and oxygen atoms in total. The van der Waals surface area contributed by atoms with E-state index in [1.807, 2.05) is 24.4 Å². The Morgan fingerprint density at radius 1 is 1.04 bits per heavy atom. The zero-order valence-corrected chi connectivity index (χ0v) is 17.2. The van der Waals surface area contributed by atoms with Crippen molar-refractivity contribution in [3.8, 4) is 9.88 Å². The van der Waals surface area contributed by atoms with Gasteiger partial charge >= 0.3 is 0 Å². The van der Waals surface area contributed by atoms with E-state index in [0.717, 1.165) is 31.4 Å². The lowest BCUT2D eigenvalue weighted by Gasteiger charge is -2.11. The molecule has 0 aliphatic rings. The third kappa shape index (κ3) is 4.07. The van der Waals surface area contributed by atoms with Crippen LogP contribution in [0, 0.1) is 0 Å². The zero-order chi connectivity index (χ0) is 19.0. The summed E-state index contributed by atoms with van der Waals surface area (Å²) in [6, 6.07) is 7.34. The number of pyridine rings is 1. The van der Waals surface area contributed by atoms with Crippen molar-refractivity contribution < 1.29 is 0 Å². The number of fused-ring (bicyclic) bond motifs is 1. The molecule has 138 valence electrons. The molecule has 1 aromatic carbocycles. The number of thiazole rings is 2. The number of anilines is 1. The highest BCUT2D eigenvalue weighted by atomic mass is 35.5. The van der Waals surface area contributed by atoms with E-state index in [0.29, 0.717) is 28.0 Å². The zero-order valence-electron chi connectivity index (χ0n) is 14.0. The summed E-state index contributed by atoms with van der Waals surface area (Å²) < 4.78 is 1.03. The molecule has 0 saturated carbocycles. The van der Waals surface area contributed by atoms with Crippen molar-refractivity contribution in [2.45, 2.75) is 18.9 Å². The highest BCUT2D eigenvalue weighted by molar-refractivity contribution is 7.26. The number of hydrogen-bond acceptors (Lipinski definition) is 7. The Hall–Kier alpha value is -1.77. The molecular weight excluding hydrogens is 421 g/mol. The van der Waals surface area contributed by atoms with Crippen LogP contribution >= 0.6 is 45.9 Å². The van der Waals surface area contributed by atoms with Crippen LogP contribution in [0.5, 0.6) is 0 Å². The quantitative estimate of drug-likeness (QED) is 0.468. The van der Waals surface area contributed by atoms with Gasteiger partial charge in [-0.2, -0.15) is 0 Å². The van der Waals surface area contributed by atoms with Gasteiger partial charge in [-0.1, -0.05) is 40.6 Å². The molecule has 0 radical (unpaired) electrons. The van der Waals surface area contributed by atoms with E-state index < -0.39 is 0 Å². The number of halogens is 2. The Kier molecular flexibility index (Phi) is 5.29. The lowest BCUT2D eigenvalue weighted by Crippen LogP contribution is -2.26. The third-order valence-electron chi connectivity index (χ3n) is 4.04. The minimum absolute atomic E-state index is 0.126. The molecule has 1 atom stereocenters. The van der Waals surface area contributed by atoms with Gasteiger partial charge in [0.15, 0.2) is 5.13 Å². The number of rotatable bonds is 5. The van der Waals surface area contributed by atoms with Gasteiger partial charge in [-0.15, -0.1) is 11.3 Å². The number of nitrogen functional groups attached to an aromatic ring is 1. The fraction of sp³-hybridized carbons (Fsp3) is 0.167. The first kappa shape index (κ1) is 18.6. The average molecular weight is 436 g/mol. The van der Waals surface area contributed by atoms with Gasteiger partial charge in [0, 0.05) is 24.9 Å². The van der Waals surface area contributed by atoms with E-state index in [4.69, 9.17) is 34.7 Å². The summed E-state index contributed by atoms with van der Waals surface area (Å²) in [6.07, 6.45) is 4.81. The predicted molar refractivity (Wildman–Crippen MR) is 115 cm³/mol. The molecule has 27 heavy (non-hydrogen) atoms. The molecule has 3 heterocycles. The monoisotopic (exact) mass is 435 g/mol. The van der Waals surface area contributed by atoms with Gasteiger partial charge in [-0.25, -0.2) is 9.97 Å². The summed E-state index contributed by atoms with van der Waals surface area (Å²) in [6.45, 7) is 0. The molecule has 3 aromatic heterocycles. The summed E-state index contributed by atoms with van der Waals surface area (Å²) >= 11 is 15.1. The highest BCUT2D eigenvalue weighted by Gasteiger charge is 2.18. The van der Waals surface area contributed by atoms with Gasteiger partial charge in [0.2, 0.25) is 0 Å². The topological polar surface area (TPSA) is 90.7 Å². The van der Waals surface area contributed by atoms with E-state index >= 15 is 0 Å². The van der Waals surface area contributed by atoms with Crippen LogP contribution in [0.1, 0.15) is 11.3 Å². The SMILES string of the molecule is Nc1nc(C[C@@H](N)Cc2ccc(Cl)c(Cl)c2)c(-c2nc3ccncc3s2)s1. The summed E-state index contributed by atoms with van der Waals surface area (Å²) in [7, 11) is 0. The summed E-state index contributed by atoms with van der Waals surface area (Å²) in [5, 5.41) is 2.47. The van der Waals surface area contributed by atoms with Crippen LogP contribution in [0.25, 0.3) is 20.1 Å². The fourth-order valence-electron chi connectivity index (χ4n) is 2.84. The van der Waals surface area contributed by atoms with Crippen molar-refractivity contribution in [1.29, 1.82) is 0 Å². The first-order valence-corrected chi connectivity index (χ1v) is 10.5. The maximum Gasteiger partial charge on any atom is 0.180 e. The number of nitrogens with zero attached hydrogens (tertiary/aromatic N) is 3. The Balaban J connectivity index is 1.58. The number of benzene rings is 1. The molecule has 4 aromatic rings. The molecule has 4 N–H and O–H groups in total. The van der Waals surface area contributed by atoms with E-state index in [1.54, 1.807) is 23.6 Å². The fourth-order valence-corrected chi connectivity index (χ4v) is 5.05. The first-order valence-electron chi connectivity index (χ1n) is 8.15. The van der Waals surface area contributed by atoms with Crippen LogP contribution in [0.2, 0.25) is 10.0 Å². The molecule has 0 saturated heterocycles. The smallest absolute Gasteiger partial charge is 0.180 e. The molecular formula is C18H15Cl2N5S2. The standard InChI is InChI=1S/C18H15Cl2N5S2/c19-11-2-1-9(6-12(11)20)5-10(21)7-14-16(27-18(22)25-14)17-24-13-3-4-23-8-15(13)26-17/h1-4,6,8,10H,5,7,21H2,(H2,22,25)/t10-/m0/s1. The molecule has 9 heteroatoms. The Morgan fingerprint density at radius 2 is 1.89 bits per heavy atom. The molecule has 0 fully saturated rings. The Bertz CT molecular complexity index is 1080. The Labute approximate surface area is 174 Å². The van der Waals surface area contributed by atoms with Crippen molar-refractivity contribution in [2.75, 3.05) is 5.73 Å². The van der Waals surface area contributed by atoms with Crippen LogP contribution in [-0.2, 0) is 12.8 Å². The van der Waals surface area contributed by atoms with Gasteiger partial charge in [0.1, 0.15) is 5.01 Å². The molecule has 0 aliphatic heterocycles. The normalized spacial score (nSPS) is 12.6. The average Bonchev–Trinajstić information content (AvgIpc) is 3.21.